The molecule has 0 radical (unpaired) electrons. The first kappa shape index (κ1) is 22.3. The molecular weight excluding hydrogens is 328 g/mol. The van der Waals surface area contributed by atoms with E-state index in [0.717, 1.165) is 51.0 Å². The van der Waals surface area contributed by atoms with Gasteiger partial charge in [-0.1, -0.05) is 78.1 Å². The van der Waals surface area contributed by atoms with Gasteiger partial charge in [-0.05, 0) is 18.9 Å². The number of aromatic hydroxyl groups is 3. The first-order valence-corrected chi connectivity index (χ1v) is 10.3. The summed E-state index contributed by atoms with van der Waals surface area (Å²) in [6, 6.07) is 2.23. The number of ketones is 1. The monoisotopic (exact) mass is 364 g/mol. The van der Waals surface area contributed by atoms with Crippen molar-refractivity contribution in [1.29, 1.82) is 0 Å². The lowest BCUT2D eigenvalue weighted by Crippen LogP contribution is -2.15. The number of benzene rings is 1. The highest BCUT2D eigenvalue weighted by atomic mass is 16.3. The third-order valence-corrected chi connectivity index (χ3v) is 5.04. The molecule has 3 N–H and O–H groups in total. The summed E-state index contributed by atoms with van der Waals surface area (Å²) >= 11 is 0. The molecule has 0 saturated carbocycles. The van der Waals surface area contributed by atoms with Crippen LogP contribution in [0.15, 0.2) is 12.1 Å². The lowest BCUT2D eigenvalue weighted by atomic mass is 9.87. The van der Waals surface area contributed by atoms with Gasteiger partial charge in [0.05, 0.1) is 5.56 Å². The van der Waals surface area contributed by atoms with Gasteiger partial charge in [0.1, 0.15) is 5.75 Å². The zero-order chi connectivity index (χ0) is 19.4. The molecule has 0 aliphatic carbocycles. The van der Waals surface area contributed by atoms with Crippen molar-refractivity contribution in [3.8, 4) is 17.2 Å². The Morgan fingerprint density at radius 1 is 0.731 bits per heavy atom. The van der Waals surface area contributed by atoms with Crippen LogP contribution in [-0.4, -0.2) is 21.1 Å². The molecule has 4 heteroatoms. The maximum Gasteiger partial charge on any atom is 0.169 e. The third kappa shape index (κ3) is 7.67. The zero-order valence-electron chi connectivity index (χ0n) is 16.5. The van der Waals surface area contributed by atoms with Crippen molar-refractivity contribution in [2.24, 2.45) is 5.92 Å². The molecule has 0 aromatic heterocycles. The molecule has 0 bridgehead atoms. The second kappa shape index (κ2) is 12.6. The molecule has 1 rings (SSSR count). The van der Waals surface area contributed by atoms with Crippen molar-refractivity contribution in [2.75, 3.05) is 0 Å². The van der Waals surface area contributed by atoms with E-state index in [1.807, 2.05) is 0 Å². The molecule has 148 valence electrons. The van der Waals surface area contributed by atoms with Crippen LogP contribution < -0.4 is 0 Å². The lowest BCUT2D eigenvalue weighted by molar-refractivity contribution is 0.0898. The van der Waals surface area contributed by atoms with Crippen molar-refractivity contribution in [2.45, 2.75) is 90.9 Å². The minimum atomic E-state index is -0.408. The maximum absolute atomic E-state index is 12.9. The average molecular weight is 365 g/mol. The third-order valence-electron chi connectivity index (χ3n) is 5.04. The highest BCUT2D eigenvalue weighted by Crippen LogP contribution is 2.35. The Labute approximate surface area is 158 Å². The molecule has 0 amide bonds. The summed E-state index contributed by atoms with van der Waals surface area (Å²) in [6.07, 6.45) is 13.2. The first-order valence-electron chi connectivity index (χ1n) is 10.3. The van der Waals surface area contributed by atoms with Crippen LogP contribution in [0, 0.1) is 5.92 Å². The van der Waals surface area contributed by atoms with Crippen LogP contribution in [0.5, 0.6) is 17.2 Å². The predicted molar refractivity (Wildman–Crippen MR) is 106 cm³/mol. The van der Waals surface area contributed by atoms with Gasteiger partial charge >= 0.3 is 0 Å². The smallest absolute Gasteiger partial charge is 0.169 e. The molecule has 0 spiro atoms. The Bertz CT molecular complexity index is 539. The van der Waals surface area contributed by atoms with Gasteiger partial charge in [0.25, 0.3) is 0 Å². The van der Waals surface area contributed by atoms with Gasteiger partial charge in [-0.2, -0.15) is 0 Å². The fraction of sp³-hybridized carbons (Fsp3) is 0.682. The minimum absolute atomic E-state index is 0.117. The Hall–Kier alpha value is -1.71. The molecular formula is C22H36O4. The van der Waals surface area contributed by atoms with Gasteiger partial charge in [-0.25, -0.2) is 0 Å². The Kier molecular flexibility index (Phi) is 10.8. The van der Waals surface area contributed by atoms with E-state index in [4.69, 9.17) is 0 Å². The normalized spacial score (nSPS) is 12.2. The molecule has 0 fully saturated rings. The fourth-order valence-corrected chi connectivity index (χ4v) is 3.38. The highest BCUT2D eigenvalue weighted by Gasteiger charge is 2.23. The molecule has 0 aliphatic rings. The van der Waals surface area contributed by atoms with Crippen molar-refractivity contribution < 1.29 is 20.1 Å². The number of phenols is 3. The number of phenolic OH excluding ortho intramolecular Hbond substituents is 3. The van der Waals surface area contributed by atoms with E-state index in [2.05, 4.69) is 13.8 Å². The van der Waals surface area contributed by atoms with Gasteiger partial charge < -0.3 is 15.3 Å². The van der Waals surface area contributed by atoms with Gasteiger partial charge in [0.15, 0.2) is 17.3 Å². The Morgan fingerprint density at radius 3 is 1.77 bits per heavy atom. The molecule has 1 aromatic rings. The molecule has 26 heavy (non-hydrogen) atoms. The van der Waals surface area contributed by atoms with E-state index in [9.17, 15) is 20.1 Å². The summed E-state index contributed by atoms with van der Waals surface area (Å²) in [7, 11) is 0. The van der Waals surface area contributed by atoms with Gasteiger partial charge in [-0.3, -0.25) is 4.79 Å². The van der Waals surface area contributed by atoms with Crippen LogP contribution in [0.3, 0.4) is 0 Å². The summed E-state index contributed by atoms with van der Waals surface area (Å²) < 4.78 is 0. The van der Waals surface area contributed by atoms with Crippen molar-refractivity contribution in [3.63, 3.8) is 0 Å². The second-order valence-electron chi connectivity index (χ2n) is 7.33. The van der Waals surface area contributed by atoms with E-state index in [-0.39, 0.29) is 28.8 Å². The molecule has 0 saturated heterocycles. The van der Waals surface area contributed by atoms with Crippen molar-refractivity contribution >= 4 is 5.78 Å². The fourth-order valence-electron chi connectivity index (χ4n) is 3.38. The van der Waals surface area contributed by atoms with E-state index in [1.54, 1.807) is 0 Å². The van der Waals surface area contributed by atoms with Crippen LogP contribution in [0.2, 0.25) is 0 Å². The zero-order valence-corrected chi connectivity index (χ0v) is 16.5. The summed E-state index contributed by atoms with van der Waals surface area (Å²) in [5, 5.41) is 29.2. The van der Waals surface area contributed by atoms with Crippen LogP contribution in [0.25, 0.3) is 0 Å². The topological polar surface area (TPSA) is 77.8 Å². The van der Waals surface area contributed by atoms with Crippen LogP contribution in [0.1, 0.15) is 101 Å². The average Bonchev–Trinajstić information content (AvgIpc) is 2.62. The van der Waals surface area contributed by atoms with E-state index >= 15 is 0 Å². The van der Waals surface area contributed by atoms with Crippen molar-refractivity contribution in [3.05, 3.63) is 17.7 Å². The number of hydrogen-bond acceptors (Lipinski definition) is 4. The summed E-state index contributed by atoms with van der Waals surface area (Å²) in [4.78, 5) is 12.9. The Balaban J connectivity index is 2.69. The molecule has 4 nitrogen and oxygen atoms in total. The molecule has 0 heterocycles. The number of hydrogen-bond donors (Lipinski definition) is 3. The van der Waals surface area contributed by atoms with Crippen LogP contribution in [0.4, 0.5) is 0 Å². The predicted octanol–water partition coefficient (Wildman–Crippen LogP) is 6.32. The van der Waals surface area contributed by atoms with E-state index in [1.165, 1.54) is 38.2 Å². The van der Waals surface area contributed by atoms with Crippen LogP contribution in [-0.2, 0) is 0 Å². The Morgan fingerprint density at radius 2 is 1.19 bits per heavy atom. The number of carbonyl (C=O) groups excluding carboxylic acids is 1. The van der Waals surface area contributed by atoms with Gasteiger partial charge in [0.2, 0.25) is 0 Å². The standard InChI is InChI=1S/C22H36O4/c1-3-5-7-9-10-12-14-17(13-11-8-6-4-2)22(26)18-15-20(24)21(25)16-19(18)23/h15-17,23-25H,3-14H2,1-2H3. The molecule has 1 atom stereocenters. The molecule has 1 aromatic carbocycles. The van der Waals surface area contributed by atoms with Gasteiger partial charge in [0, 0.05) is 12.0 Å². The van der Waals surface area contributed by atoms with E-state index in [0.29, 0.717) is 0 Å². The van der Waals surface area contributed by atoms with E-state index < -0.39 is 5.75 Å². The molecule has 1 unspecified atom stereocenters. The van der Waals surface area contributed by atoms with Gasteiger partial charge in [-0.15, -0.1) is 0 Å². The summed E-state index contributed by atoms with van der Waals surface area (Å²) in [5.74, 6) is -1.28. The molecule has 0 aliphatic heterocycles. The SMILES string of the molecule is CCCCCCCCC(CCCCCC)C(=O)c1cc(O)c(O)cc1O. The summed E-state index contributed by atoms with van der Waals surface area (Å²) in [6.45, 7) is 4.36. The highest BCUT2D eigenvalue weighted by molar-refractivity contribution is 6.00. The second-order valence-corrected chi connectivity index (χ2v) is 7.33. The van der Waals surface area contributed by atoms with Crippen LogP contribution >= 0.6 is 0 Å². The maximum atomic E-state index is 12.9. The number of unbranched alkanes of at least 4 members (excludes halogenated alkanes) is 8. The number of rotatable bonds is 14. The lowest BCUT2D eigenvalue weighted by Gasteiger charge is -2.17. The van der Waals surface area contributed by atoms with Crippen molar-refractivity contribution in [1.82, 2.24) is 0 Å². The number of Topliss-reactive ketones (excluding diaryl/α,β-unsaturated/α-hetero) is 1. The first-order chi connectivity index (χ1) is 12.5. The minimum Gasteiger partial charge on any atom is -0.507 e. The number of carbonyl (C=O) groups is 1. The summed E-state index contributed by atoms with van der Waals surface area (Å²) in [5.41, 5.74) is 0.117. The quantitative estimate of drug-likeness (QED) is 0.156. The largest absolute Gasteiger partial charge is 0.507 e.